The lowest BCUT2D eigenvalue weighted by Crippen LogP contribution is -2.17. The van der Waals surface area contributed by atoms with E-state index in [0.29, 0.717) is 5.69 Å². The van der Waals surface area contributed by atoms with E-state index in [-0.39, 0.29) is 17.4 Å². The van der Waals surface area contributed by atoms with Gasteiger partial charge in [-0.3, -0.25) is 9.78 Å². The van der Waals surface area contributed by atoms with Crippen molar-refractivity contribution in [3.05, 3.63) is 78.4 Å². The summed E-state index contributed by atoms with van der Waals surface area (Å²) in [5, 5.41) is 6.01. The molecular weight excluding hydrogens is 355 g/mol. The van der Waals surface area contributed by atoms with Crippen molar-refractivity contribution in [2.24, 2.45) is 0 Å². The normalized spacial score (nSPS) is 13.4. The predicted molar refractivity (Wildman–Crippen MR) is 110 cm³/mol. The first kappa shape index (κ1) is 18.0. The van der Waals surface area contributed by atoms with Crippen LogP contribution in [0.15, 0.2) is 66.9 Å². The van der Waals surface area contributed by atoms with Crippen LogP contribution in [0.3, 0.4) is 0 Å². The molecule has 1 aliphatic rings. The van der Waals surface area contributed by atoms with Crippen molar-refractivity contribution in [1.82, 2.24) is 4.98 Å². The minimum atomic E-state index is -0.349. The summed E-state index contributed by atoms with van der Waals surface area (Å²) in [4.78, 5) is 18.9. The molecule has 0 radical (unpaired) electrons. The maximum atomic E-state index is 13.0. The van der Waals surface area contributed by atoms with Crippen LogP contribution in [-0.4, -0.2) is 24.0 Å². The number of pyridine rings is 1. The first-order valence-electron chi connectivity index (χ1n) is 9.32. The molecule has 1 aromatic heterocycles. The zero-order valence-corrected chi connectivity index (χ0v) is 15.4. The summed E-state index contributed by atoms with van der Waals surface area (Å²) in [6.45, 7) is 2.23. The number of hydrogen-bond acceptors (Lipinski definition) is 4. The standard InChI is InChI=1S/C22H21FN4O/c23-16-3-5-18(6-4-16)26-22(28)21-15-19(11-12-24-21)25-17-7-9-20(10-8-17)27-13-1-2-14-27/h3-12,15H,1-2,13-14H2,(H,24,25)(H,26,28). The molecule has 4 rings (SSSR count). The molecule has 0 aliphatic carbocycles. The number of aromatic nitrogens is 1. The Hall–Kier alpha value is -3.41. The molecule has 0 saturated carbocycles. The summed E-state index contributed by atoms with van der Waals surface area (Å²) in [6, 6.07) is 17.4. The Kier molecular flexibility index (Phi) is 5.19. The monoisotopic (exact) mass is 376 g/mol. The van der Waals surface area contributed by atoms with Gasteiger partial charge in [-0.05, 0) is 73.5 Å². The van der Waals surface area contributed by atoms with Gasteiger partial charge >= 0.3 is 0 Å². The Balaban J connectivity index is 1.43. The fraction of sp³-hybridized carbons (Fsp3) is 0.182. The topological polar surface area (TPSA) is 57.3 Å². The molecule has 1 fully saturated rings. The van der Waals surface area contributed by atoms with Crippen LogP contribution in [-0.2, 0) is 0 Å². The van der Waals surface area contributed by atoms with Crippen LogP contribution in [0.2, 0.25) is 0 Å². The fourth-order valence-corrected chi connectivity index (χ4v) is 3.26. The van der Waals surface area contributed by atoms with Crippen molar-refractivity contribution in [3.63, 3.8) is 0 Å². The summed E-state index contributed by atoms with van der Waals surface area (Å²) in [7, 11) is 0. The number of anilines is 4. The number of rotatable bonds is 5. The van der Waals surface area contributed by atoms with Gasteiger partial charge in [-0.2, -0.15) is 0 Å². The third-order valence-corrected chi connectivity index (χ3v) is 4.72. The highest BCUT2D eigenvalue weighted by atomic mass is 19.1. The molecule has 6 heteroatoms. The lowest BCUT2D eigenvalue weighted by Gasteiger charge is -2.18. The van der Waals surface area contributed by atoms with Crippen LogP contribution in [0.1, 0.15) is 23.3 Å². The van der Waals surface area contributed by atoms with E-state index >= 15 is 0 Å². The molecule has 2 aromatic carbocycles. The van der Waals surface area contributed by atoms with Gasteiger partial charge in [0.05, 0.1) is 0 Å². The van der Waals surface area contributed by atoms with Crippen molar-refractivity contribution < 1.29 is 9.18 Å². The Morgan fingerprint density at radius 1 is 0.893 bits per heavy atom. The van der Waals surface area contributed by atoms with Crippen LogP contribution in [0, 0.1) is 5.82 Å². The molecule has 1 amide bonds. The van der Waals surface area contributed by atoms with E-state index in [2.05, 4.69) is 32.7 Å². The van der Waals surface area contributed by atoms with Crippen LogP contribution in [0.25, 0.3) is 0 Å². The van der Waals surface area contributed by atoms with E-state index in [9.17, 15) is 9.18 Å². The van der Waals surface area contributed by atoms with Gasteiger partial charge in [0.1, 0.15) is 11.5 Å². The third kappa shape index (κ3) is 4.28. The molecule has 0 atom stereocenters. The van der Waals surface area contributed by atoms with Gasteiger partial charge in [-0.25, -0.2) is 4.39 Å². The number of nitrogens with zero attached hydrogens (tertiary/aromatic N) is 2. The number of hydrogen-bond donors (Lipinski definition) is 2. The third-order valence-electron chi connectivity index (χ3n) is 4.72. The SMILES string of the molecule is O=C(Nc1ccc(F)cc1)c1cc(Nc2ccc(N3CCCC3)cc2)ccn1. The molecule has 3 aromatic rings. The van der Waals surface area contributed by atoms with Crippen molar-refractivity contribution in [3.8, 4) is 0 Å². The zero-order chi connectivity index (χ0) is 19.3. The average molecular weight is 376 g/mol. The van der Waals surface area contributed by atoms with Crippen LogP contribution >= 0.6 is 0 Å². The van der Waals surface area contributed by atoms with Crippen LogP contribution in [0.5, 0.6) is 0 Å². The molecule has 1 saturated heterocycles. The largest absolute Gasteiger partial charge is 0.372 e. The number of amides is 1. The first-order valence-corrected chi connectivity index (χ1v) is 9.32. The molecule has 0 bridgehead atoms. The smallest absolute Gasteiger partial charge is 0.274 e. The number of halogens is 1. The molecule has 0 spiro atoms. The summed E-state index contributed by atoms with van der Waals surface area (Å²) < 4.78 is 13.0. The highest BCUT2D eigenvalue weighted by molar-refractivity contribution is 6.03. The van der Waals surface area contributed by atoms with E-state index < -0.39 is 0 Å². The predicted octanol–water partition coefficient (Wildman–Crippen LogP) is 4.82. The van der Waals surface area contributed by atoms with Crippen LogP contribution < -0.4 is 15.5 Å². The molecular formula is C22H21FN4O. The van der Waals surface area contributed by atoms with E-state index in [1.54, 1.807) is 12.3 Å². The first-order chi connectivity index (χ1) is 13.7. The maximum absolute atomic E-state index is 13.0. The number of nitrogens with one attached hydrogen (secondary N) is 2. The second-order valence-electron chi connectivity index (χ2n) is 6.76. The summed E-state index contributed by atoms with van der Waals surface area (Å²) >= 11 is 0. The Labute approximate surface area is 163 Å². The Bertz CT molecular complexity index is 951. The molecule has 5 nitrogen and oxygen atoms in total. The minimum Gasteiger partial charge on any atom is -0.372 e. The fourth-order valence-electron chi connectivity index (χ4n) is 3.26. The van der Waals surface area contributed by atoms with E-state index in [4.69, 9.17) is 0 Å². The maximum Gasteiger partial charge on any atom is 0.274 e. The molecule has 0 unspecified atom stereocenters. The van der Waals surface area contributed by atoms with Gasteiger partial charge in [0, 0.05) is 42.0 Å². The van der Waals surface area contributed by atoms with E-state index in [0.717, 1.165) is 24.5 Å². The van der Waals surface area contributed by atoms with Crippen molar-refractivity contribution >= 4 is 28.7 Å². The van der Waals surface area contributed by atoms with E-state index in [1.165, 1.54) is 42.8 Å². The van der Waals surface area contributed by atoms with Crippen LogP contribution in [0.4, 0.5) is 27.1 Å². The van der Waals surface area contributed by atoms with Gasteiger partial charge < -0.3 is 15.5 Å². The molecule has 2 N–H and O–H groups in total. The summed E-state index contributed by atoms with van der Waals surface area (Å²) in [5.74, 6) is -0.697. The zero-order valence-electron chi connectivity index (χ0n) is 15.4. The highest BCUT2D eigenvalue weighted by Gasteiger charge is 2.12. The molecule has 1 aliphatic heterocycles. The second kappa shape index (κ2) is 8.08. The Morgan fingerprint density at radius 2 is 1.57 bits per heavy atom. The van der Waals surface area contributed by atoms with Gasteiger partial charge in [-0.1, -0.05) is 0 Å². The quantitative estimate of drug-likeness (QED) is 0.670. The summed E-state index contributed by atoms with van der Waals surface area (Å²) in [6.07, 6.45) is 4.08. The van der Waals surface area contributed by atoms with Crippen molar-refractivity contribution in [2.75, 3.05) is 28.6 Å². The number of benzene rings is 2. The van der Waals surface area contributed by atoms with Gasteiger partial charge in [0.2, 0.25) is 0 Å². The number of carbonyl (C=O) groups is 1. The second-order valence-corrected chi connectivity index (χ2v) is 6.76. The molecule has 142 valence electrons. The summed E-state index contributed by atoms with van der Waals surface area (Å²) in [5.41, 5.74) is 3.75. The van der Waals surface area contributed by atoms with Gasteiger partial charge in [0.25, 0.3) is 5.91 Å². The average Bonchev–Trinajstić information content (AvgIpc) is 3.25. The van der Waals surface area contributed by atoms with Gasteiger partial charge in [0.15, 0.2) is 0 Å². The number of carbonyl (C=O) groups excluding carboxylic acids is 1. The Morgan fingerprint density at radius 3 is 2.29 bits per heavy atom. The highest BCUT2D eigenvalue weighted by Crippen LogP contribution is 2.24. The van der Waals surface area contributed by atoms with Crippen molar-refractivity contribution in [2.45, 2.75) is 12.8 Å². The van der Waals surface area contributed by atoms with Gasteiger partial charge in [-0.15, -0.1) is 0 Å². The van der Waals surface area contributed by atoms with Crippen molar-refractivity contribution in [1.29, 1.82) is 0 Å². The lowest BCUT2D eigenvalue weighted by molar-refractivity contribution is 0.102. The lowest BCUT2D eigenvalue weighted by atomic mass is 10.2. The molecule has 28 heavy (non-hydrogen) atoms. The minimum absolute atomic E-state index is 0.281. The van der Waals surface area contributed by atoms with E-state index in [1.807, 2.05) is 18.2 Å². The molecule has 2 heterocycles.